The Morgan fingerprint density at radius 1 is 0.947 bits per heavy atom. The minimum atomic E-state index is -1.36. The summed E-state index contributed by atoms with van der Waals surface area (Å²) in [5.74, 6) is 0.116. The van der Waals surface area contributed by atoms with Crippen molar-refractivity contribution in [2.45, 2.75) is 26.3 Å². The lowest BCUT2D eigenvalue weighted by atomic mass is 10.1. The fraction of sp³-hybridized carbons (Fsp3) is 0.464. The average Bonchev–Trinajstić information content (AvgIpc) is 3.00. The lowest BCUT2D eigenvalue weighted by molar-refractivity contribution is -0.129. The third kappa shape index (κ3) is 6.62. The van der Waals surface area contributed by atoms with Crippen LogP contribution in [-0.2, 0) is 14.3 Å². The first-order valence-corrected chi connectivity index (χ1v) is 13.1. The predicted molar refractivity (Wildman–Crippen MR) is 147 cm³/mol. The molecule has 0 spiro atoms. The second kappa shape index (κ2) is 12.7. The van der Waals surface area contributed by atoms with E-state index in [1.54, 1.807) is 41.2 Å². The number of fused-ring (bicyclic) bond motifs is 1. The molecular formula is C28H37N5O5. The highest BCUT2D eigenvalue weighted by Crippen LogP contribution is 2.33. The molecule has 0 aromatic heterocycles. The van der Waals surface area contributed by atoms with Crippen molar-refractivity contribution in [2.24, 2.45) is 5.92 Å². The third-order valence-corrected chi connectivity index (χ3v) is 6.79. The van der Waals surface area contributed by atoms with Gasteiger partial charge in [0.2, 0.25) is 0 Å². The molecule has 0 radical (unpaired) electrons. The molecule has 1 fully saturated rings. The first kappa shape index (κ1) is 27.4. The number of benzene rings is 2. The predicted octanol–water partition coefficient (Wildman–Crippen LogP) is 2.94. The van der Waals surface area contributed by atoms with E-state index < -0.39 is 23.9 Å². The van der Waals surface area contributed by atoms with Gasteiger partial charge in [-0.2, -0.15) is 0 Å². The lowest BCUT2D eigenvalue weighted by Gasteiger charge is -2.31. The quantitative estimate of drug-likeness (QED) is 0.490. The summed E-state index contributed by atoms with van der Waals surface area (Å²) in [5, 5.41) is 5.38. The maximum atomic E-state index is 13.9. The summed E-state index contributed by atoms with van der Waals surface area (Å²) in [6, 6.07) is 12.3. The van der Waals surface area contributed by atoms with Gasteiger partial charge in [0.15, 0.2) is 6.04 Å². The number of hydrogen-bond donors (Lipinski definition) is 2. The van der Waals surface area contributed by atoms with Crippen molar-refractivity contribution in [1.82, 2.24) is 10.2 Å². The fourth-order valence-corrected chi connectivity index (χ4v) is 4.59. The second-order valence-corrected chi connectivity index (χ2v) is 9.86. The molecule has 2 aliphatic rings. The van der Waals surface area contributed by atoms with Crippen LogP contribution >= 0.6 is 0 Å². The van der Waals surface area contributed by atoms with Crippen LogP contribution in [-0.4, -0.2) is 81.8 Å². The average molecular weight is 524 g/mol. The monoisotopic (exact) mass is 523 g/mol. The molecule has 2 aromatic rings. The molecule has 204 valence electrons. The zero-order valence-corrected chi connectivity index (χ0v) is 22.3. The molecule has 1 atom stereocenters. The van der Waals surface area contributed by atoms with Gasteiger partial charge in [-0.1, -0.05) is 26.0 Å². The maximum absolute atomic E-state index is 13.9. The van der Waals surface area contributed by atoms with E-state index in [0.717, 1.165) is 19.5 Å². The highest BCUT2D eigenvalue weighted by Gasteiger charge is 2.41. The Labute approximate surface area is 223 Å². The first-order valence-electron chi connectivity index (χ1n) is 13.1. The van der Waals surface area contributed by atoms with Gasteiger partial charge in [0.25, 0.3) is 11.8 Å². The zero-order valence-electron chi connectivity index (χ0n) is 22.3. The molecule has 0 saturated carbocycles. The molecule has 1 unspecified atom stereocenters. The van der Waals surface area contributed by atoms with Crippen molar-refractivity contribution in [3.63, 3.8) is 0 Å². The van der Waals surface area contributed by atoms with Crippen LogP contribution in [0.25, 0.3) is 0 Å². The van der Waals surface area contributed by atoms with Crippen molar-refractivity contribution in [1.29, 1.82) is 0 Å². The van der Waals surface area contributed by atoms with Gasteiger partial charge in [-0.3, -0.25) is 14.5 Å². The van der Waals surface area contributed by atoms with Gasteiger partial charge in [-0.15, -0.1) is 0 Å². The molecule has 2 aromatic carbocycles. The summed E-state index contributed by atoms with van der Waals surface area (Å²) in [7, 11) is 1.56. The summed E-state index contributed by atoms with van der Waals surface area (Å²) in [6.45, 7) is 8.52. The Kier molecular flexibility index (Phi) is 9.19. The number of urea groups is 1. The molecule has 2 aliphatic heterocycles. The Bertz CT molecular complexity index is 1120. The van der Waals surface area contributed by atoms with Crippen LogP contribution in [0.5, 0.6) is 5.75 Å². The van der Waals surface area contributed by atoms with Crippen LogP contribution in [0.15, 0.2) is 48.5 Å². The van der Waals surface area contributed by atoms with Gasteiger partial charge in [0.1, 0.15) is 5.75 Å². The van der Waals surface area contributed by atoms with E-state index >= 15 is 0 Å². The van der Waals surface area contributed by atoms with Crippen molar-refractivity contribution in [3.05, 3.63) is 48.5 Å². The van der Waals surface area contributed by atoms with E-state index in [9.17, 15) is 14.4 Å². The molecule has 0 bridgehead atoms. The van der Waals surface area contributed by atoms with Gasteiger partial charge in [-0.25, -0.2) is 4.79 Å². The SMILES string of the molecule is COc1ccc(NC(=O)NC2C(=O)N(CCC(C)C)c3ccccc3N(CCN3CCOCC3)C2=O)cc1. The summed E-state index contributed by atoms with van der Waals surface area (Å²) in [4.78, 5) is 46.3. The van der Waals surface area contributed by atoms with E-state index in [1.807, 2.05) is 24.3 Å². The van der Waals surface area contributed by atoms with Gasteiger partial charge >= 0.3 is 6.03 Å². The third-order valence-electron chi connectivity index (χ3n) is 6.79. The molecule has 2 heterocycles. The summed E-state index contributed by atoms with van der Waals surface area (Å²) in [5.41, 5.74) is 1.86. The number of morpholine rings is 1. The van der Waals surface area contributed by atoms with Gasteiger partial charge in [-0.05, 0) is 48.7 Å². The molecule has 10 heteroatoms. The first-order chi connectivity index (χ1) is 18.4. The van der Waals surface area contributed by atoms with Gasteiger partial charge in [0, 0.05) is 38.4 Å². The molecular weight excluding hydrogens is 486 g/mol. The zero-order chi connectivity index (χ0) is 27.1. The standard InChI is InChI=1S/C28H37N5O5/c1-20(2)12-13-32-23-6-4-5-7-24(23)33(15-14-31-16-18-38-19-17-31)27(35)25(26(32)34)30-28(36)29-21-8-10-22(37-3)11-9-21/h4-11,20,25H,12-19H2,1-3H3,(H2,29,30,36). The minimum absolute atomic E-state index is 0.358. The summed E-state index contributed by atoms with van der Waals surface area (Å²) in [6.07, 6.45) is 0.757. The molecule has 10 nitrogen and oxygen atoms in total. The number of ether oxygens (including phenoxy) is 2. The maximum Gasteiger partial charge on any atom is 0.320 e. The highest BCUT2D eigenvalue weighted by atomic mass is 16.5. The van der Waals surface area contributed by atoms with Crippen LogP contribution < -0.4 is 25.2 Å². The molecule has 0 aliphatic carbocycles. The molecule has 2 N–H and O–H groups in total. The van der Waals surface area contributed by atoms with E-state index in [4.69, 9.17) is 9.47 Å². The van der Waals surface area contributed by atoms with Gasteiger partial charge in [0.05, 0.1) is 31.7 Å². The normalized spacial score (nSPS) is 18.3. The van der Waals surface area contributed by atoms with Gasteiger partial charge < -0.3 is 29.9 Å². The van der Waals surface area contributed by atoms with Crippen LogP contribution in [0.1, 0.15) is 20.3 Å². The number of carbonyl (C=O) groups excluding carboxylic acids is 3. The highest BCUT2D eigenvalue weighted by molar-refractivity contribution is 6.21. The van der Waals surface area contributed by atoms with Crippen LogP contribution in [0.3, 0.4) is 0 Å². The van der Waals surface area contributed by atoms with E-state index in [2.05, 4.69) is 29.4 Å². The number of anilines is 3. The molecule has 38 heavy (non-hydrogen) atoms. The molecule has 1 saturated heterocycles. The van der Waals surface area contributed by atoms with Crippen molar-refractivity contribution >= 4 is 34.9 Å². The summed E-state index contributed by atoms with van der Waals surface area (Å²) >= 11 is 0. The smallest absolute Gasteiger partial charge is 0.320 e. The largest absolute Gasteiger partial charge is 0.497 e. The number of hydrogen-bond acceptors (Lipinski definition) is 6. The Morgan fingerprint density at radius 2 is 1.55 bits per heavy atom. The Morgan fingerprint density at radius 3 is 2.13 bits per heavy atom. The number of methoxy groups -OCH3 is 1. The van der Waals surface area contributed by atoms with E-state index in [-0.39, 0.29) is 0 Å². The lowest BCUT2D eigenvalue weighted by Crippen LogP contribution is -2.57. The van der Waals surface area contributed by atoms with Crippen molar-refractivity contribution in [2.75, 3.05) is 68.2 Å². The number of carbonyl (C=O) groups is 3. The van der Waals surface area contributed by atoms with Crippen molar-refractivity contribution < 1.29 is 23.9 Å². The number of nitrogens with one attached hydrogen (secondary N) is 2. The van der Waals surface area contributed by atoms with Crippen LogP contribution in [0, 0.1) is 5.92 Å². The number of nitrogens with zero attached hydrogens (tertiary/aromatic N) is 3. The topological polar surface area (TPSA) is 103 Å². The van der Waals surface area contributed by atoms with Crippen molar-refractivity contribution in [3.8, 4) is 5.75 Å². The van der Waals surface area contributed by atoms with E-state index in [0.29, 0.717) is 61.6 Å². The number of rotatable bonds is 9. The minimum Gasteiger partial charge on any atom is -0.497 e. The number of para-hydroxylation sites is 2. The second-order valence-electron chi connectivity index (χ2n) is 9.86. The van der Waals surface area contributed by atoms with Crippen LogP contribution in [0.4, 0.5) is 21.9 Å². The number of amides is 4. The summed E-state index contributed by atoms with van der Waals surface area (Å²) < 4.78 is 10.6. The van der Waals surface area contributed by atoms with Crippen LogP contribution in [0.2, 0.25) is 0 Å². The Balaban J connectivity index is 1.60. The van der Waals surface area contributed by atoms with E-state index in [1.165, 1.54) is 0 Å². The Hall–Kier alpha value is -3.63. The molecule has 4 amide bonds. The fourth-order valence-electron chi connectivity index (χ4n) is 4.59. The molecule has 4 rings (SSSR count).